The summed E-state index contributed by atoms with van der Waals surface area (Å²) < 4.78 is 2.19. The molecule has 2 aromatic heterocycles. The van der Waals surface area contributed by atoms with E-state index in [0.717, 1.165) is 29.8 Å². The zero-order chi connectivity index (χ0) is 11.7. The molecule has 86 valence electrons. The minimum Gasteiger partial charge on any atom is -0.397 e. The van der Waals surface area contributed by atoms with E-state index in [2.05, 4.69) is 35.3 Å². The Morgan fingerprint density at radius 3 is 2.81 bits per heavy atom. The molecule has 0 aromatic carbocycles. The van der Waals surface area contributed by atoms with Gasteiger partial charge in [0.15, 0.2) is 5.65 Å². The SMILES string of the molecule is CCCc1nc2cc(N)cnc2n1C(C)C. The van der Waals surface area contributed by atoms with Gasteiger partial charge in [0.2, 0.25) is 0 Å². The molecule has 4 heteroatoms. The molecule has 0 amide bonds. The maximum Gasteiger partial charge on any atom is 0.160 e. The van der Waals surface area contributed by atoms with Crippen molar-refractivity contribution in [1.29, 1.82) is 0 Å². The summed E-state index contributed by atoms with van der Waals surface area (Å²) >= 11 is 0. The van der Waals surface area contributed by atoms with Gasteiger partial charge in [-0.1, -0.05) is 6.92 Å². The third-order valence-corrected chi connectivity index (χ3v) is 2.61. The highest BCUT2D eigenvalue weighted by atomic mass is 15.1. The lowest BCUT2D eigenvalue weighted by molar-refractivity contribution is 0.576. The number of aryl methyl sites for hydroxylation is 1. The fraction of sp³-hybridized carbons (Fsp3) is 0.500. The summed E-state index contributed by atoms with van der Waals surface area (Å²) in [7, 11) is 0. The Bertz CT molecular complexity index is 499. The van der Waals surface area contributed by atoms with Gasteiger partial charge in [0.05, 0.1) is 11.9 Å². The number of nitrogens with zero attached hydrogens (tertiary/aromatic N) is 3. The zero-order valence-corrected chi connectivity index (χ0v) is 10.1. The monoisotopic (exact) mass is 218 g/mol. The predicted molar refractivity (Wildman–Crippen MR) is 66.3 cm³/mol. The van der Waals surface area contributed by atoms with Crippen molar-refractivity contribution in [2.24, 2.45) is 0 Å². The van der Waals surface area contributed by atoms with Crippen LogP contribution in [0.15, 0.2) is 12.3 Å². The van der Waals surface area contributed by atoms with Crippen molar-refractivity contribution in [3.63, 3.8) is 0 Å². The van der Waals surface area contributed by atoms with E-state index in [-0.39, 0.29) is 0 Å². The molecule has 2 aromatic rings. The highest BCUT2D eigenvalue weighted by Gasteiger charge is 2.13. The van der Waals surface area contributed by atoms with Gasteiger partial charge in [-0.05, 0) is 26.3 Å². The predicted octanol–water partition coefficient (Wildman–Crippen LogP) is 2.55. The van der Waals surface area contributed by atoms with Crippen molar-refractivity contribution in [3.05, 3.63) is 18.1 Å². The second kappa shape index (κ2) is 4.12. The third-order valence-electron chi connectivity index (χ3n) is 2.61. The van der Waals surface area contributed by atoms with E-state index in [9.17, 15) is 0 Å². The van der Waals surface area contributed by atoms with Gasteiger partial charge in [0.1, 0.15) is 11.3 Å². The molecule has 2 N–H and O–H groups in total. The quantitative estimate of drug-likeness (QED) is 0.861. The number of hydrogen-bond acceptors (Lipinski definition) is 3. The number of imidazole rings is 1. The van der Waals surface area contributed by atoms with E-state index >= 15 is 0 Å². The topological polar surface area (TPSA) is 56.7 Å². The van der Waals surface area contributed by atoms with Gasteiger partial charge in [-0.15, -0.1) is 0 Å². The number of hydrogen-bond donors (Lipinski definition) is 1. The number of fused-ring (bicyclic) bond motifs is 1. The van der Waals surface area contributed by atoms with E-state index in [1.54, 1.807) is 6.20 Å². The molecule has 0 saturated heterocycles. The van der Waals surface area contributed by atoms with E-state index in [1.165, 1.54) is 0 Å². The Hall–Kier alpha value is -1.58. The molecule has 0 bridgehead atoms. The molecule has 0 aliphatic rings. The maximum atomic E-state index is 5.72. The van der Waals surface area contributed by atoms with Crippen molar-refractivity contribution in [2.45, 2.75) is 39.7 Å². The van der Waals surface area contributed by atoms with Gasteiger partial charge in [0.25, 0.3) is 0 Å². The Kier molecular flexibility index (Phi) is 2.81. The maximum absolute atomic E-state index is 5.72. The van der Waals surface area contributed by atoms with Crippen LogP contribution >= 0.6 is 0 Å². The largest absolute Gasteiger partial charge is 0.397 e. The standard InChI is InChI=1S/C12H18N4/c1-4-5-11-15-10-6-9(13)7-14-12(10)16(11)8(2)3/h6-8H,4-5,13H2,1-3H3. The first-order chi connectivity index (χ1) is 7.63. The van der Waals surface area contributed by atoms with Gasteiger partial charge in [-0.3, -0.25) is 0 Å². The molecule has 2 heterocycles. The number of pyridine rings is 1. The minimum absolute atomic E-state index is 0.377. The van der Waals surface area contributed by atoms with Crippen molar-refractivity contribution in [2.75, 3.05) is 5.73 Å². The summed E-state index contributed by atoms with van der Waals surface area (Å²) in [4.78, 5) is 8.99. The number of nitrogen functional groups attached to an aromatic ring is 1. The first-order valence-corrected chi connectivity index (χ1v) is 5.75. The number of nitrogens with two attached hydrogens (primary N) is 1. The summed E-state index contributed by atoms with van der Waals surface area (Å²) in [6, 6.07) is 2.27. The number of rotatable bonds is 3. The molecular formula is C12H18N4. The van der Waals surface area contributed by atoms with Crippen molar-refractivity contribution >= 4 is 16.9 Å². The molecule has 0 unspecified atom stereocenters. The Labute approximate surface area is 95.5 Å². The fourth-order valence-corrected chi connectivity index (χ4v) is 1.99. The highest BCUT2D eigenvalue weighted by Crippen LogP contribution is 2.21. The molecule has 0 fully saturated rings. The lowest BCUT2D eigenvalue weighted by Gasteiger charge is -2.11. The Balaban J connectivity index is 2.65. The van der Waals surface area contributed by atoms with Crippen molar-refractivity contribution < 1.29 is 0 Å². The highest BCUT2D eigenvalue weighted by molar-refractivity contribution is 5.75. The summed E-state index contributed by atoms with van der Waals surface area (Å²) in [5.74, 6) is 1.10. The van der Waals surface area contributed by atoms with Crippen LogP contribution in [0.25, 0.3) is 11.2 Å². The zero-order valence-electron chi connectivity index (χ0n) is 10.1. The lowest BCUT2D eigenvalue weighted by Crippen LogP contribution is -2.06. The van der Waals surface area contributed by atoms with E-state index in [1.807, 2.05) is 6.07 Å². The molecule has 0 spiro atoms. The van der Waals surface area contributed by atoms with Crippen LogP contribution < -0.4 is 5.73 Å². The first-order valence-electron chi connectivity index (χ1n) is 5.75. The second-order valence-corrected chi connectivity index (χ2v) is 4.35. The van der Waals surface area contributed by atoms with Gasteiger partial charge in [-0.25, -0.2) is 9.97 Å². The van der Waals surface area contributed by atoms with E-state index in [4.69, 9.17) is 5.73 Å². The molecule has 2 rings (SSSR count). The van der Waals surface area contributed by atoms with E-state index < -0.39 is 0 Å². The average Bonchev–Trinajstić information content (AvgIpc) is 2.55. The van der Waals surface area contributed by atoms with Gasteiger partial charge < -0.3 is 10.3 Å². The number of anilines is 1. The minimum atomic E-state index is 0.377. The van der Waals surface area contributed by atoms with Crippen molar-refractivity contribution in [1.82, 2.24) is 14.5 Å². The van der Waals surface area contributed by atoms with Crippen LogP contribution in [0, 0.1) is 0 Å². The van der Waals surface area contributed by atoms with Gasteiger partial charge in [-0.2, -0.15) is 0 Å². The van der Waals surface area contributed by atoms with Gasteiger partial charge in [0, 0.05) is 12.5 Å². The Morgan fingerprint density at radius 1 is 1.44 bits per heavy atom. The van der Waals surface area contributed by atoms with Crippen LogP contribution in [0.1, 0.15) is 39.1 Å². The molecule has 0 saturated carbocycles. The van der Waals surface area contributed by atoms with Crippen LogP contribution in [-0.2, 0) is 6.42 Å². The smallest absolute Gasteiger partial charge is 0.160 e. The normalized spacial score (nSPS) is 11.5. The Morgan fingerprint density at radius 2 is 2.19 bits per heavy atom. The fourth-order valence-electron chi connectivity index (χ4n) is 1.99. The van der Waals surface area contributed by atoms with Crippen LogP contribution in [0.5, 0.6) is 0 Å². The molecule has 0 atom stereocenters. The van der Waals surface area contributed by atoms with Crippen LogP contribution in [-0.4, -0.2) is 14.5 Å². The lowest BCUT2D eigenvalue weighted by atomic mass is 10.3. The molecular weight excluding hydrogens is 200 g/mol. The molecule has 0 radical (unpaired) electrons. The van der Waals surface area contributed by atoms with Gasteiger partial charge >= 0.3 is 0 Å². The van der Waals surface area contributed by atoms with Crippen LogP contribution in [0.4, 0.5) is 5.69 Å². The summed E-state index contributed by atoms with van der Waals surface area (Å²) in [6.45, 7) is 6.46. The summed E-state index contributed by atoms with van der Waals surface area (Å²) in [6.07, 6.45) is 3.76. The first kappa shape index (κ1) is 10.9. The summed E-state index contributed by atoms with van der Waals surface area (Å²) in [5, 5.41) is 0. The summed E-state index contributed by atoms with van der Waals surface area (Å²) in [5.41, 5.74) is 8.23. The number of aromatic nitrogens is 3. The molecule has 4 nitrogen and oxygen atoms in total. The molecule has 16 heavy (non-hydrogen) atoms. The molecule has 0 aliphatic carbocycles. The third kappa shape index (κ3) is 1.75. The van der Waals surface area contributed by atoms with Crippen LogP contribution in [0.2, 0.25) is 0 Å². The second-order valence-electron chi connectivity index (χ2n) is 4.35. The van der Waals surface area contributed by atoms with E-state index in [0.29, 0.717) is 11.7 Å². The average molecular weight is 218 g/mol. The van der Waals surface area contributed by atoms with Crippen LogP contribution in [0.3, 0.4) is 0 Å². The molecule has 0 aliphatic heterocycles. The van der Waals surface area contributed by atoms with Crippen molar-refractivity contribution in [3.8, 4) is 0 Å².